The molecule has 0 spiro atoms. The number of ether oxygens (including phenoxy) is 1. The SMILES string of the molecule is CCOC(=O)c1ccc(C(=O)C[S+](C)C)cc1.Fc1c(F)c(F)c([B-](c2c(F)c(F)c(F)c(F)c2F)(c2c(F)c(F)c(F)c(F)c2F)c2c(F)c(F)c(F)c(F)c2F)c(F)c1F. The summed E-state index contributed by atoms with van der Waals surface area (Å²) in [6.07, 6.45) is -3.15. The number of carbonyl (C=O) groups excluding carboxylic acids is 2. The van der Waals surface area contributed by atoms with Gasteiger partial charge in [-0.3, -0.25) is 4.79 Å². The van der Waals surface area contributed by atoms with Gasteiger partial charge in [-0.2, -0.15) is 0 Å². The summed E-state index contributed by atoms with van der Waals surface area (Å²) in [5.41, 5.74) is -13.2. The van der Waals surface area contributed by atoms with Crippen molar-refractivity contribution in [2.45, 2.75) is 6.92 Å². The molecule has 0 aromatic heterocycles. The van der Waals surface area contributed by atoms with Crippen molar-refractivity contribution in [1.29, 1.82) is 0 Å². The number of hydrogen-bond donors (Lipinski definition) is 0. The van der Waals surface area contributed by atoms with Gasteiger partial charge < -0.3 is 4.74 Å². The normalized spacial score (nSPS) is 11.5. The summed E-state index contributed by atoms with van der Waals surface area (Å²) in [6.45, 7) is 2.12. The van der Waals surface area contributed by atoms with Crippen LogP contribution < -0.4 is 21.9 Å². The summed E-state index contributed by atoms with van der Waals surface area (Å²) >= 11 is 0. The predicted molar refractivity (Wildman–Crippen MR) is 180 cm³/mol. The molecular formula is C37H17BF20O3S. The van der Waals surface area contributed by atoms with Gasteiger partial charge in [0.2, 0.25) is 5.78 Å². The van der Waals surface area contributed by atoms with Crippen molar-refractivity contribution >= 4 is 50.6 Å². The molecule has 0 radical (unpaired) electrons. The van der Waals surface area contributed by atoms with Gasteiger partial charge in [0.05, 0.1) is 24.7 Å². The van der Waals surface area contributed by atoms with Gasteiger partial charge in [-0.15, -0.1) is 21.9 Å². The lowest BCUT2D eigenvalue weighted by Crippen LogP contribution is -2.81. The zero-order valence-electron chi connectivity index (χ0n) is 30.5. The van der Waals surface area contributed by atoms with Crippen LogP contribution in [0.2, 0.25) is 0 Å². The van der Waals surface area contributed by atoms with Crippen LogP contribution in [0.25, 0.3) is 0 Å². The molecule has 332 valence electrons. The Morgan fingerprint density at radius 3 is 0.823 bits per heavy atom. The maximum atomic E-state index is 15.4. The molecule has 62 heavy (non-hydrogen) atoms. The Morgan fingerprint density at radius 1 is 0.403 bits per heavy atom. The van der Waals surface area contributed by atoms with Gasteiger partial charge in [0.25, 0.3) is 0 Å². The first-order valence-electron chi connectivity index (χ1n) is 16.3. The van der Waals surface area contributed by atoms with Crippen LogP contribution in [-0.4, -0.2) is 42.8 Å². The largest absolute Gasteiger partial charge is 0.462 e. The van der Waals surface area contributed by atoms with Gasteiger partial charge >= 0.3 is 5.97 Å². The number of carbonyl (C=O) groups is 2. The quantitative estimate of drug-likeness (QED) is 0.0289. The van der Waals surface area contributed by atoms with Crippen LogP contribution in [0.4, 0.5) is 87.8 Å². The lowest BCUT2D eigenvalue weighted by molar-refractivity contribution is 0.0526. The second kappa shape index (κ2) is 18.3. The van der Waals surface area contributed by atoms with Crippen molar-refractivity contribution in [2.24, 2.45) is 0 Å². The standard InChI is InChI=1S/C24BF20.C13H17O3S/c26-5-1(6(27)14(35)21(42)13(5)34)25(2-7(28)15(36)22(43)16(37)8(2)29,3-9(30)17(38)23(44)18(39)10(3)31)4-11(32)19(40)24(45)20(41)12(4)33;1-4-16-13(15)11-7-5-10(6-8-11)12(14)9-17(2)3/h;5-8H,4,9H2,1-3H3/q-1;+1. The topological polar surface area (TPSA) is 43.4 Å². The lowest BCUT2D eigenvalue weighted by Gasteiger charge is -2.44. The second-order valence-corrected chi connectivity index (χ2v) is 14.9. The van der Waals surface area contributed by atoms with E-state index < -0.39 is 144 Å². The maximum absolute atomic E-state index is 15.4. The molecule has 0 saturated heterocycles. The Balaban J connectivity index is 0.000000416. The molecule has 0 saturated carbocycles. The van der Waals surface area contributed by atoms with Crippen LogP contribution in [0.5, 0.6) is 0 Å². The van der Waals surface area contributed by atoms with Crippen LogP contribution in [0.1, 0.15) is 27.6 Å². The monoisotopic (exact) mass is 932 g/mol. The highest BCUT2D eigenvalue weighted by atomic mass is 32.2. The molecule has 0 unspecified atom stereocenters. The minimum Gasteiger partial charge on any atom is -0.462 e. The van der Waals surface area contributed by atoms with Crippen LogP contribution in [-0.2, 0) is 15.6 Å². The molecule has 0 aliphatic heterocycles. The summed E-state index contributed by atoms with van der Waals surface area (Å²) in [6, 6.07) is 6.63. The van der Waals surface area contributed by atoms with Crippen molar-refractivity contribution in [2.75, 3.05) is 24.9 Å². The van der Waals surface area contributed by atoms with Gasteiger partial charge in [-0.05, 0) is 30.0 Å². The molecule has 0 aliphatic rings. The highest BCUT2D eigenvalue weighted by molar-refractivity contribution is 7.96. The lowest BCUT2D eigenvalue weighted by atomic mass is 9.12. The molecule has 5 aromatic carbocycles. The summed E-state index contributed by atoms with van der Waals surface area (Å²) < 4.78 is 299. The first kappa shape index (κ1) is 48.9. The van der Waals surface area contributed by atoms with Crippen molar-refractivity contribution in [1.82, 2.24) is 0 Å². The molecule has 5 rings (SSSR count). The fourth-order valence-electron chi connectivity index (χ4n) is 6.23. The minimum atomic E-state index is -7.22. The smallest absolute Gasteiger partial charge is 0.338 e. The zero-order chi connectivity index (χ0) is 47.2. The fourth-order valence-corrected chi connectivity index (χ4v) is 6.92. The second-order valence-electron chi connectivity index (χ2n) is 12.7. The molecule has 0 heterocycles. The Hall–Kier alpha value is -5.75. The Labute approximate surface area is 336 Å². The number of rotatable bonds is 9. The van der Waals surface area contributed by atoms with Crippen molar-refractivity contribution < 1.29 is 102 Å². The first-order valence-corrected chi connectivity index (χ1v) is 18.5. The summed E-state index contributed by atoms with van der Waals surface area (Å²) in [5.74, 6) is -71.1. The average Bonchev–Trinajstić information content (AvgIpc) is 3.23. The van der Waals surface area contributed by atoms with Crippen LogP contribution >= 0.6 is 0 Å². The number of esters is 1. The number of ketones is 1. The summed E-state index contributed by atoms with van der Waals surface area (Å²) in [4.78, 5) is 23.2. The van der Waals surface area contributed by atoms with Crippen molar-refractivity contribution in [3.05, 3.63) is 152 Å². The molecule has 0 fully saturated rings. The van der Waals surface area contributed by atoms with E-state index in [1.165, 1.54) is 0 Å². The van der Waals surface area contributed by atoms with E-state index in [2.05, 4.69) is 0 Å². The van der Waals surface area contributed by atoms with Crippen molar-refractivity contribution in [3.63, 3.8) is 0 Å². The summed E-state index contributed by atoms with van der Waals surface area (Å²) in [5, 5.41) is 0. The average molecular weight is 932 g/mol. The van der Waals surface area contributed by atoms with Crippen LogP contribution in [0, 0.1) is 116 Å². The maximum Gasteiger partial charge on any atom is 0.338 e. The molecule has 0 bridgehead atoms. The molecule has 0 atom stereocenters. The molecule has 0 amide bonds. The van der Waals surface area contributed by atoms with Gasteiger partial charge in [-0.1, -0.05) is 12.1 Å². The number of hydrogen-bond acceptors (Lipinski definition) is 3. The Bertz CT molecular complexity index is 2260. The zero-order valence-corrected chi connectivity index (χ0v) is 31.3. The van der Waals surface area contributed by atoms with E-state index in [0.717, 1.165) is 0 Å². The third-order valence-electron chi connectivity index (χ3n) is 8.84. The number of benzene rings is 5. The molecule has 25 heteroatoms. The highest BCUT2D eigenvalue weighted by Crippen LogP contribution is 2.30. The van der Waals surface area contributed by atoms with Gasteiger partial charge in [0, 0.05) is 5.56 Å². The highest BCUT2D eigenvalue weighted by Gasteiger charge is 2.52. The van der Waals surface area contributed by atoms with Gasteiger partial charge in [-0.25, -0.2) is 92.6 Å². The molecule has 3 nitrogen and oxygen atoms in total. The first-order chi connectivity index (χ1) is 28.7. The van der Waals surface area contributed by atoms with E-state index in [1.807, 2.05) is 12.5 Å². The molecular weight excluding hydrogens is 915 g/mol. The van der Waals surface area contributed by atoms with Crippen LogP contribution in [0.3, 0.4) is 0 Å². The van der Waals surface area contributed by atoms with E-state index in [1.54, 1.807) is 31.2 Å². The Morgan fingerprint density at radius 2 is 0.613 bits per heavy atom. The molecule has 0 aliphatic carbocycles. The van der Waals surface area contributed by atoms with E-state index in [9.17, 15) is 62.3 Å². The third-order valence-corrected chi connectivity index (χ3v) is 9.68. The number of Topliss-reactive ketones (excluding diaryl/α,β-unsaturated/α-hetero) is 1. The van der Waals surface area contributed by atoms with E-state index in [0.29, 0.717) is 23.5 Å². The van der Waals surface area contributed by atoms with E-state index >= 15 is 35.1 Å². The van der Waals surface area contributed by atoms with E-state index in [4.69, 9.17) is 4.74 Å². The number of halogens is 20. The third kappa shape index (κ3) is 7.93. The molecule has 5 aromatic rings. The predicted octanol–water partition coefficient (Wildman–Crippen LogP) is 7.77. The Kier molecular flexibility index (Phi) is 14.4. The van der Waals surface area contributed by atoms with E-state index in [-0.39, 0.29) is 22.6 Å². The van der Waals surface area contributed by atoms with Crippen LogP contribution in [0.15, 0.2) is 24.3 Å². The van der Waals surface area contributed by atoms with Crippen molar-refractivity contribution in [3.8, 4) is 0 Å². The van der Waals surface area contributed by atoms with Gasteiger partial charge in [0.15, 0.2) is 75.6 Å². The summed E-state index contributed by atoms with van der Waals surface area (Å²) in [7, 11) is 0.0955. The van der Waals surface area contributed by atoms with Gasteiger partial charge in [0.1, 0.15) is 52.7 Å². The minimum absolute atomic E-state index is 0.0955. The fraction of sp³-hybridized carbons (Fsp3) is 0.135. The molecule has 0 N–H and O–H groups in total.